The SMILES string of the molecule is COC(=O)c1sccc1S(=O)(=O)NCC(C)(C)N1CCCCC1. The highest BCUT2D eigenvalue weighted by Gasteiger charge is 2.31. The largest absolute Gasteiger partial charge is 0.465 e. The minimum atomic E-state index is -3.74. The average Bonchev–Trinajstić information content (AvgIpc) is 3.04. The quantitative estimate of drug-likeness (QED) is 0.786. The summed E-state index contributed by atoms with van der Waals surface area (Å²) in [5.41, 5.74) is -0.269. The lowest BCUT2D eigenvalue weighted by Gasteiger charge is -2.41. The van der Waals surface area contributed by atoms with Crippen LogP contribution in [0.2, 0.25) is 0 Å². The number of sulfonamides is 1. The molecule has 1 fully saturated rings. The van der Waals surface area contributed by atoms with Gasteiger partial charge < -0.3 is 4.74 Å². The number of piperidine rings is 1. The molecule has 0 saturated carbocycles. The summed E-state index contributed by atoms with van der Waals surface area (Å²) < 4.78 is 32.4. The van der Waals surface area contributed by atoms with Crippen molar-refractivity contribution in [1.82, 2.24) is 9.62 Å². The second-order valence-electron chi connectivity index (χ2n) is 6.29. The molecular formula is C15H24N2O4S2. The van der Waals surface area contributed by atoms with Crippen LogP contribution in [0.15, 0.2) is 16.3 Å². The Morgan fingerprint density at radius 1 is 1.35 bits per heavy atom. The summed E-state index contributed by atoms with van der Waals surface area (Å²) >= 11 is 1.07. The standard InChI is InChI=1S/C15H24N2O4S2/c1-15(2,17-8-5-4-6-9-17)11-16-23(19,20)12-7-10-22-13(12)14(18)21-3/h7,10,16H,4-6,8-9,11H2,1-3H3. The highest BCUT2D eigenvalue weighted by molar-refractivity contribution is 7.89. The highest BCUT2D eigenvalue weighted by Crippen LogP contribution is 2.24. The van der Waals surface area contributed by atoms with E-state index in [0.717, 1.165) is 37.3 Å². The van der Waals surface area contributed by atoms with Gasteiger partial charge in [-0.15, -0.1) is 11.3 Å². The van der Waals surface area contributed by atoms with E-state index in [1.807, 2.05) is 13.8 Å². The molecule has 130 valence electrons. The van der Waals surface area contributed by atoms with Crippen LogP contribution < -0.4 is 4.72 Å². The molecule has 0 spiro atoms. The van der Waals surface area contributed by atoms with E-state index in [4.69, 9.17) is 0 Å². The van der Waals surface area contributed by atoms with Crippen molar-refractivity contribution >= 4 is 27.3 Å². The Morgan fingerprint density at radius 3 is 2.61 bits per heavy atom. The van der Waals surface area contributed by atoms with Crippen molar-refractivity contribution in [2.45, 2.75) is 43.5 Å². The molecule has 2 rings (SSSR count). The first-order valence-corrected chi connectivity index (χ1v) is 10.0. The molecule has 0 atom stereocenters. The van der Waals surface area contributed by atoms with Crippen molar-refractivity contribution in [1.29, 1.82) is 0 Å². The van der Waals surface area contributed by atoms with E-state index in [9.17, 15) is 13.2 Å². The number of ether oxygens (including phenoxy) is 1. The van der Waals surface area contributed by atoms with Gasteiger partial charge in [-0.05, 0) is 51.2 Å². The second kappa shape index (κ2) is 7.29. The van der Waals surface area contributed by atoms with Crippen LogP contribution in [0.5, 0.6) is 0 Å². The van der Waals surface area contributed by atoms with Crippen LogP contribution in [0.4, 0.5) is 0 Å². The Bertz CT molecular complexity index is 646. The van der Waals surface area contributed by atoms with Gasteiger partial charge in [-0.3, -0.25) is 4.90 Å². The zero-order valence-corrected chi connectivity index (χ0v) is 15.4. The number of methoxy groups -OCH3 is 1. The molecule has 0 radical (unpaired) electrons. The van der Waals surface area contributed by atoms with Crippen molar-refractivity contribution in [2.24, 2.45) is 0 Å². The topological polar surface area (TPSA) is 75.7 Å². The van der Waals surface area contributed by atoms with Crippen LogP contribution in [0.3, 0.4) is 0 Å². The predicted octanol–water partition coefficient (Wildman–Crippen LogP) is 2.08. The van der Waals surface area contributed by atoms with E-state index in [1.54, 1.807) is 5.38 Å². The maximum absolute atomic E-state index is 12.5. The summed E-state index contributed by atoms with van der Waals surface area (Å²) in [5.74, 6) is -0.629. The predicted molar refractivity (Wildman–Crippen MR) is 90.4 cm³/mol. The van der Waals surface area contributed by atoms with Gasteiger partial charge in [0.2, 0.25) is 10.0 Å². The van der Waals surface area contributed by atoms with Crippen LogP contribution in [-0.4, -0.2) is 51.6 Å². The lowest BCUT2D eigenvalue weighted by Crippen LogP contribution is -2.53. The van der Waals surface area contributed by atoms with Gasteiger partial charge in [-0.2, -0.15) is 0 Å². The van der Waals surface area contributed by atoms with Gasteiger partial charge in [0.15, 0.2) is 0 Å². The summed E-state index contributed by atoms with van der Waals surface area (Å²) in [6.45, 7) is 6.35. The van der Waals surface area contributed by atoms with Crippen LogP contribution in [-0.2, 0) is 14.8 Å². The second-order valence-corrected chi connectivity index (χ2v) is 8.94. The van der Waals surface area contributed by atoms with Crippen LogP contribution >= 0.6 is 11.3 Å². The molecule has 23 heavy (non-hydrogen) atoms. The van der Waals surface area contributed by atoms with E-state index in [0.29, 0.717) is 6.54 Å². The number of nitrogens with zero attached hydrogens (tertiary/aromatic N) is 1. The molecule has 1 aliphatic rings. The fourth-order valence-corrected chi connectivity index (χ4v) is 5.25. The van der Waals surface area contributed by atoms with Gasteiger partial charge >= 0.3 is 5.97 Å². The number of carbonyl (C=O) groups excluding carboxylic acids is 1. The molecule has 0 bridgehead atoms. The zero-order valence-electron chi connectivity index (χ0n) is 13.8. The Labute approximate surface area is 141 Å². The normalized spacial score (nSPS) is 17.2. The summed E-state index contributed by atoms with van der Waals surface area (Å²) in [6.07, 6.45) is 3.52. The van der Waals surface area contributed by atoms with E-state index < -0.39 is 16.0 Å². The molecular weight excluding hydrogens is 336 g/mol. The average molecular weight is 361 g/mol. The van der Waals surface area contributed by atoms with Crippen molar-refractivity contribution < 1.29 is 17.9 Å². The third kappa shape index (κ3) is 4.32. The molecule has 2 heterocycles. The lowest BCUT2D eigenvalue weighted by atomic mass is 9.99. The Kier molecular flexibility index (Phi) is 5.83. The molecule has 8 heteroatoms. The van der Waals surface area contributed by atoms with Crippen LogP contribution in [0.25, 0.3) is 0 Å². The zero-order chi connectivity index (χ0) is 17.1. The van der Waals surface area contributed by atoms with Gasteiger partial charge in [0.1, 0.15) is 9.77 Å². The van der Waals surface area contributed by atoms with E-state index in [1.165, 1.54) is 19.6 Å². The molecule has 0 aliphatic carbocycles. The Hall–Kier alpha value is -0.960. The van der Waals surface area contributed by atoms with Gasteiger partial charge in [-0.1, -0.05) is 6.42 Å². The Morgan fingerprint density at radius 2 is 2.00 bits per heavy atom. The summed E-state index contributed by atoms with van der Waals surface area (Å²) in [5, 5.41) is 1.58. The van der Waals surface area contributed by atoms with Crippen LogP contribution in [0, 0.1) is 0 Å². The lowest BCUT2D eigenvalue weighted by molar-refractivity contribution is 0.0602. The third-order valence-electron chi connectivity index (χ3n) is 4.20. The molecule has 0 unspecified atom stereocenters. The molecule has 1 N–H and O–H groups in total. The maximum atomic E-state index is 12.5. The van der Waals surface area contributed by atoms with Gasteiger partial charge in [0.05, 0.1) is 7.11 Å². The van der Waals surface area contributed by atoms with E-state index in [-0.39, 0.29) is 15.3 Å². The number of thiophene rings is 1. The number of carbonyl (C=O) groups is 1. The number of likely N-dealkylation sites (tertiary alicyclic amines) is 1. The van der Waals surface area contributed by atoms with Gasteiger partial charge in [0, 0.05) is 12.1 Å². The monoisotopic (exact) mass is 360 g/mol. The maximum Gasteiger partial charge on any atom is 0.349 e. The Balaban J connectivity index is 2.09. The first-order valence-electron chi connectivity index (χ1n) is 7.68. The van der Waals surface area contributed by atoms with E-state index in [2.05, 4.69) is 14.4 Å². The smallest absolute Gasteiger partial charge is 0.349 e. The van der Waals surface area contributed by atoms with Crippen molar-refractivity contribution in [3.8, 4) is 0 Å². The minimum Gasteiger partial charge on any atom is -0.465 e. The summed E-state index contributed by atoms with van der Waals surface area (Å²) in [7, 11) is -2.50. The summed E-state index contributed by atoms with van der Waals surface area (Å²) in [4.78, 5) is 14.1. The fraction of sp³-hybridized carbons (Fsp3) is 0.667. The van der Waals surface area contributed by atoms with Crippen molar-refractivity contribution in [3.05, 3.63) is 16.3 Å². The summed E-state index contributed by atoms with van der Waals surface area (Å²) in [6, 6.07) is 1.44. The molecule has 1 aromatic heterocycles. The van der Waals surface area contributed by atoms with Crippen molar-refractivity contribution in [3.63, 3.8) is 0 Å². The number of esters is 1. The number of nitrogens with one attached hydrogen (secondary N) is 1. The molecule has 0 amide bonds. The number of rotatable bonds is 6. The first kappa shape index (κ1) is 18.4. The first-order chi connectivity index (χ1) is 10.8. The highest BCUT2D eigenvalue weighted by atomic mass is 32.2. The molecule has 0 aromatic carbocycles. The molecule has 1 aromatic rings. The molecule has 1 saturated heterocycles. The van der Waals surface area contributed by atoms with Gasteiger partial charge in [-0.25, -0.2) is 17.9 Å². The third-order valence-corrected chi connectivity index (χ3v) is 6.66. The van der Waals surface area contributed by atoms with Crippen LogP contribution in [0.1, 0.15) is 42.8 Å². The number of hydrogen-bond donors (Lipinski definition) is 1. The molecule has 6 nitrogen and oxygen atoms in total. The number of hydrogen-bond acceptors (Lipinski definition) is 6. The minimum absolute atomic E-state index is 0.0104. The van der Waals surface area contributed by atoms with Gasteiger partial charge in [0.25, 0.3) is 0 Å². The molecule has 1 aliphatic heterocycles. The van der Waals surface area contributed by atoms with Crippen molar-refractivity contribution in [2.75, 3.05) is 26.7 Å². The van der Waals surface area contributed by atoms with E-state index >= 15 is 0 Å². The fourth-order valence-electron chi connectivity index (χ4n) is 2.71.